The van der Waals surface area contributed by atoms with Gasteiger partial charge in [-0.1, -0.05) is 0 Å². The lowest BCUT2D eigenvalue weighted by Gasteiger charge is -2.02. The van der Waals surface area contributed by atoms with Gasteiger partial charge in [0.15, 0.2) is 0 Å². The third-order valence-electron chi connectivity index (χ3n) is 1.95. The van der Waals surface area contributed by atoms with Gasteiger partial charge >= 0.3 is 5.97 Å². The highest BCUT2D eigenvalue weighted by Crippen LogP contribution is 2.26. The number of carbonyl (C=O) groups is 1. The summed E-state index contributed by atoms with van der Waals surface area (Å²) in [6.07, 6.45) is 0. The molecule has 7 heteroatoms. The van der Waals surface area contributed by atoms with E-state index in [2.05, 4.69) is 0 Å². The topological polar surface area (TPSA) is 93.2 Å². The van der Waals surface area contributed by atoms with Crippen molar-refractivity contribution < 1.29 is 14.5 Å². The normalized spacial score (nSPS) is 9.56. The van der Waals surface area contributed by atoms with E-state index in [1.807, 2.05) is 0 Å². The van der Waals surface area contributed by atoms with Crippen LogP contribution in [0.1, 0.15) is 12.5 Å². The Balaban J connectivity index is 2.80. The molecule has 94 valence electrons. The van der Waals surface area contributed by atoms with Crippen molar-refractivity contribution in [2.75, 3.05) is 12.4 Å². The molecular weight excluding hydrogens is 256 g/mol. The maximum Gasteiger partial charge on any atom is 0.316 e. The van der Waals surface area contributed by atoms with Gasteiger partial charge in [0.05, 0.1) is 17.3 Å². The first-order valence-electron chi connectivity index (χ1n) is 5.05. The number of carbonyl (C=O) groups excluding carboxylic acids is 1. The quantitative estimate of drug-likeness (QED) is 0.351. The molecule has 0 radical (unpaired) electrons. The predicted molar refractivity (Wildman–Crippen MR) is 65.2 cm³/mol. The van der Waals surface area contributed by atoms with E-state index in [1.165, 1.54) is 12.1 Å². The van der Waals surface area contributed by atoms with Crippen molar-refractivity contribution in [3.63, 3.8) is 0 Å². The van der Waals surface area contributed by atoms with Gasteiger partial charge in [-0.25, -0.2) is 0 Å². The maximum atomic E-state index is 11.1. The Morgan fingerprint density at radius 2 is 2.33 bits per heavy atom. The molecule has 6 nitrogen and oxygen atoms in total. The molecule has 0 aliphatic carbocycles. The highest BCUT2D eigenvalue weighted by molar-refractivity contribution is 8.00. The first-order chi connectivity index (χ1) is 8.58. The standard InChI is InChI=1S/C11H10N2O4S/c1-2-17-11(14)7-18-9-4-3-8(6-12)10(5-9)13(15)16/h3-5H,2,7H2,1H3. The molecule has 18 heavy (non-hydrogen) atoms. The van der Waals surface area contributed by atoms with Gasteiger partial charge in [0.25, 0.3) is 5.69 Å². The number of ether oxygens (including phenoxy) is 1. The Labute approximate surface area is 108 Å². The van der Waals surface area contributed by atoms with Crippen molar-refractivity contribution in [1.82, 2.24) is 0 Å². The second-order valence-electron chi connectivity index (χ2n) is 3.14. The zero-order valence-corrected chi connectivity index (χ0v) is 10.4. The van der Waals surface area contributed by atoms with E-state index in [1.54, 1.807) is 19.1 Å². The van der Waals surface area contributed by atoms with Gasteiger partial charge in [-0.05, 0) is 19.1 Å². The molecular formula is C11H10N2O4S. The average molecular weight is 266 g/mol. The Kier molecular flexibility index (Phi) is 5.14. The third-order valence-corrected chi connectivity index (χ3v) is 2.92. The van der Waals surface area contributed by atoms with Crippen LogP contribution in [0.15, 0.2) is 23.1 Å². The van der Waals surface area contributed by atoms with Gasteiger partial charge in [-0.2, -0.15) is 5.26 Å². The van der Waals surface area contributed by atoms with Crippen LogP contribution >= 0.6 is 11.8 Å². The molecule has 0 amide bonds. The summed E-state index contributed by atoms with van der Waals surface area (Å²) in [7, 11) is 0. The lowest BCUT2D eigenvalue weighted by atomic mass is 10.2. The summed E-state index contributed by atoms with van der Waals surface area (Å²) in [4.78, 5) is 21.8. The van der Waals surface area contributed by atoms with Crippen molar-refractivity contribution in [2.45, 2.75) is 11.8 Å². The largest absolute Gasteiger partial charge is 0.465 e. The Hall–Kier alpha value is -2.07. The van der Waals surface area contributed by atoms with Gasteiger partial charge in [-0.15, -0.1) is 11.8 Å². The summed E-state index contributed by atoms with van der Waals surface area (Å²) >= 11 is 1.13. The molecule has 0 unspecified atom stereocenters. The molecule has 0 N–H and O–H groups in total. The van der Waals surface area contributed by atoms with Crippen LogP contribution in [0.3, 0.4) is 0 Å². The van der Waals surface area contributed by atoms with Gasteiger partial charge < -0.3 is 4.74 Å². The Morgan fingerprint density at radius 1 is 1.61 bits per heavy atom. The molecule has 0 heterocycles. The summed E-state index contributed by atoms with van der Waals surface area (Å²) in [5.74, 6) is -0.300. The van der Waals surface area contributed by atoms with Crippen molar-refractivity contribution in [1.29, 1.82) is 5.26 Å². The summed E-state index contributed by atoms with van der Waals surface area (Å²) in [6, 6.07) is 5.96. The molecule has 0 bridgehead atoms. The third kappa shape index (κ3) is 3.75. The van der Waals surface area contributed by atoms with E-state index >= 15 is 0 Å². The lowest BCUT2D eigenvalue weighted by molar-refractivity contribution is -0.385. The molecule has 1 aromatic rings. The molecule has 1 rings (SSSR count). The van der Waals surface area contributed by atoms with E-state index in [0.717, 1.165) is 11.8 Å². The van der Waals surface area contributed by atoms with Crippen LogP contribution in [0.2, 0.25) is 0 Å². The number of hydrogen-bond acceptors (Lipinski definition) is 6. The van der Waals surface area contributed by atoms with Crippen LogP contribution in [0.5, 0.6) is 0 Å². The average Bonchev–Trinajstić information content (AvgIpc) is 2.36. The summed E-state index contributed by atoms with van der Waals surface area (Å²) in [6.45, 7) is 2.00. The van der Waals surface area contributed by atoms with Crippen molar-refractivity contribution in [3.05, 3.63) is 33.9 Å². The number of nitro groups is 1. The first-order valence-corrected chi connectivity index (χ1v) is 6.04. The minimum Gasteiger partial charge on any atom is -0.465 e. The second-order valence-corrected chi connectivity index (χ2v) is 4.19. The summed E-state index contributed by atoms with van der Waals surface area (Å²) in [5.41, 5.74) is -0.258. The minimum absolute atomic E-state index is 0.000449. The first kappa shape index (κ1) is 14.0. The zero-order valence-electron chi connectivity index (χ0n) is 9.58. The fraction of sp³-hybridized carbons (Fsp3) is 0.273. The van der Waals surface area contributed by atoms with E-state index < -0.39 is 4.92 Å². The monoisotopic (exact) mass is 266 g/mol. The van der Waals surface area contributed by atoms with Gasteiger partial charge in [-0.3, -0.25) is 14.9 Å². The second kappa shape index (κ2) is 6.61. The van der Waals surface area contributed by atoms with Crippen molar-refractivity contribution >= 4 is 23.4 Å². The molecule has 0 spiro atoms. The smallest absolute Gasteiger partial charge is 0.316 e. The van der Waals surface area contributed by atoms with Crippen LogP contribution < -0.4 is 0 Å². The Morgan fingerprint density at radius 3 is 2.89 bits per heavy atom. The van der Waals surface area contributed by atoms with Crippen LogP contribution in [-0.4, -0.2) is 23.3 Å². The van der Waals surface area contributed by atoms with Gasteiger partial charge in [0.2, 0.25) is 0 Å². The Bertz CT molecular complexity index is 510. The van der Waals surface area contributed by atoms with Gasteiger partial charge in [0.1, 0.15) is 11.6 Å². The fourth-order valence-electron chi connectivity index (χ4n) is 1.19. The molecule has 1 aromatic carbocycles. The van der Waals surface area contributed by atoms with Crippen molar-refractivity contribution in [3.8, 4) is 6.07 Å². The number of hydrogen-bond donors (Lipinski definition) is 0. The number of nitriles is 1. The van der Waals surface area contributed by atoms with E-state index in [-0.39, 0.29) is 23.0 Å². The van der Waals surface area contributed by atoms with Crippen LogP contribution in [0, 0.1) is 21.4 Å². The predicted octanol–water partition coefficient (Wildman–Crippen LogP) is 2.12. The molecule has 0 saturated carbocycles. The molecule has 0 fully saturated rings. The van der Waals surface area contributed by atoms with Gasteiger partial charge in [0, 0.05) is 11.0 Å². The van der Waals surface area contributed by atoms with E-state index in [4.69, 9.17) is 10.00 Å². The highest BCUT2D eigenvalue weighted by atomic mass is 32.2. The SMILES string of the molecule is CCOC(=O)CSc1ccc(C#N)c([N+](=O)[O-])c1. The molecule has 0 atom stereocenters. The summed E-state index contributed by atoms with van der Waals surface area (Å²) in [5, 5.41) is 19.4. The number of thioether (sulfide) groups is 1. The van der Waals surface area contributed by atoms with Crippen LogP contribution in [0.4, 0.5) is 5.69 Å². The number of esters is 1. The number of nitrogens with zero attached hydrogens (tertiary/aromatic N) is 2. The zero-order chi connectivity index (χ0) is 13.5. The number of nitro benzene ring substituents is 1. The van der Waals surface area contributed by atoms with E-state index in [0.29, 0.717) is 11.5 Å². The molecule has 0 aromatic heterocycles. The minimum atomic E-state index is -0.618. The molecule has 0 saturated heterocycles. The number of benzene rings is 1. The lowest BCUT2D eigenvalue weighted by Crippen LogP contribution is -2.06. The van der Waals surface area contributed by atoms with Crippen molar-refractivity contribution in [2.24, 2.45) is 0 Å². The highest BCUT2D eigenvalue weighted by Gasteiger charge is 2.15. The summed E-state index contributed by atoms with van der Waals surface area (Å²) < 4.78 is 4.74. The van der Waals surface area contributed by atoms with Crippen LogP contribution in [0.25, 0.3) is 0 Å². The van der Waals surface area contributed by atoms with Crippen LogP contribution in [-0.2, 0) is 9.53 Å². The molecule has 0 aliphatic rings. The molecule has 0 aliphatic heterocycles. The maximum absolute atomic E-state index is 11.1. The fourth-order valence-corrected chi connectivity index (χ4v) is 1.92. The van der Waals surface area contributed by atoms with E-state index in [9.17, 15) is 14.9 Å². The number of rotatable bonds is 5.